The minimum atomic E-state index is -0.878. The van der Waals surface area contributed by atoms with E-state index in [1.54, 1.807) is 6.07 Å². The number of benzene rings is 3. The highest BCUT2D eigenvalue weighted by molar-refractivity contribution is 5.84. The van der Waals surface area contributed by atoms with E-state index in [0.29, 0.717) is 22.9 Å². The Kier molecular flexibility index (Phi) is 8.86. The summed E-state index contributed by atoms with van der Waals surface area (Å²) < 4.78 is 43.0. The summed E-state index contributed by atoms with van der Waals surface area (Å²) in [6.07, 6.45) is 15.1. The number of allylic oxidation sites excluding steroid dienone is 2. The molecule has 1 nitrogen and oxygen atoms in total. The van der Waals surface area contributed by atoms with Gasteiger partial charge < -0.3 is 0 Å². The van der Waals surface area contributed by atoms with Crippen LogP contribution in [0.15, 0.2) is 54.6 Å². The Morgan fingerprint density at radius 3 is 2.19 bits per heavy atom. The van der Waals surface area contributed by atoms with Crippen LogP contribution in [-0.2, 0) is 19.3 Å². The minimum absolute atomic E-state index is 0.273. The van der Waals surface area contributed by atoms with Gasteiger partial charge in [-0.25, -0.2) is 13.2 Å². The highest BCUT2D eigenvalue weighted by atomic mass is 19.1. The van der Waals surface area contributed by atoms with Gasteiger partial charge >= 0.3 is 0 Å². The molecular formula is C32H34F3N. The van der Waals surface area contributed by atoms with E-state index in [-0.39, 0.29) is 12.2 Å². The molecule has 3 aromatic rings. The Bertz CT molecular complexity index is 1240. The van der Waals surface area contributed by atoms with Gasteiger partial charge in [0.25, 0.3) is 0 Å². The molecule has 0 heterocycles. The van der Waals surface area contributed by atoms with Crippen LogP contribution in [0.5, 0.6) is 0 Å². The van der Waals surface area contributed by atoms with Crippen molar-refractivity contribution in [2.45, 2.75) is 71.1 Å². The van der Waals surface area contributed by atoms with E-state index >= 15 is 4.39 Å². The van der Waals surface area contributed by atoms with E-state index in [0.717, 1.165) is 35.8 Å². The van der Waals surface area contributed by atoms with E-state index in [4.69, 9.17) is 5.26 Å². The summed E-state index contributed by atoms with van der Waals surface area (Å²) >= 11 is 0. The lowest BCUT2D eigenvalue weighted by atomic mass is 9.78. The molecule has 3 aromatic carbocycles. The molecule has 0 atom stereocenters. The molecule has 0 spiro atoms. The van der Waals surface area contributed by atoms with Crippen LogP contribution in [0.1, 0.15) is 74.1 Å². The lowest BCUT2D eigenvalue weighted by Crippen LogP contribution is -2.15. The molecule has 0 radical (unpaired) electrons. The van der Waals surface area contributed by atoms with Crippen molar-refractivity contribution in [3.05, 3.63) is 94.3 Å². The van der Waals surface area contributed by atoms with Crippen LogP contribution in [0.2, 0.25) is 0 Å². The maximum absolute atomic E-state index is 15.2. The average Bonchev–Trinajstić information content (AvgIpc) is 2.88. The summed E-state index contributed by atoms with van der Waals surface area (Å²) in [6.45, 7) is 2.09. The number of aryl methyl sites for hydroxylation is 3. The molecule has 1 saturated carbocycles. The van der Waals surface area contributed by atoms with Gasteiger partial charge in [-0.05, 0) is 91.5 Å². The lowest BCUT2D eigenvalue weighted by Gasteiger charge is -2.28. The van der Waals surface area contributed by atoms with Crippen molar-refractivity contribution in [1.82, 2.24) is 0 Å². The number of hydrogen-bond donors (Lipinski definition) is 0. The Labute approximate surface area is 212 Å². The first-order valence-electron chi connectivity index (χ1n) is 13.2. The molecule has 1 fully saturated rings. The number of rotatable bonds is 9. The second-order valence-corrected chi connectivity index (χ2v) is 10.2. The second kappa shape index (κ2) is 12.3. The highest BCUT2D eigenvalue weighted by Gasteiger charge is 2.20. The van der Waals surface area contributed by atoms with E-state index < -0.39 is 17.2 Å². The highest BCUT2D eigenvalue weighted by Crippen LogP contribution is 2.34. The fourth-order valence-electron chi connectivity index (χ4n) is 5.57. The van der Waals surface area contributed by atoms with Gasteiger partial charge in [-0.2, -0.15) is 5.26 Å². The third-order valence-electron chi connectivity index (χ3n) is 7.78. The molecule has 0 saturated heterocycles. The molecule has 4 rings (SSSR count). The molecule has 0 unspecified atom stereocenters. The van der Waals surface area contributed by atoms with Gasteiger partial charge in [0.2, 0.25) is 0 Å². The Morgan fingerprint density at radius 1 is 0.833 bits per heavy atom. The van der Waals surface area contributed by atoms with Crippen molar-refractivity contribution in [2.75, 3.05) is 0 Å². The van der Waals surface area contributed by atoms with Crippen molar-refractivity contribution >= 4 is 10.8 Å². The Hall–Kier alpha value is -3.06. The first kappa shape index (κ1) is 26.0. The van der Waals surface area contributed by atoms with Crippen LogP contribution < -0.4 is 0 Å². The van der Waals surface area contributed by atoms with E-state index in [1.807, 2.05) is 18.2 Å². The van der Waals surface area contributed by atoms with Crippen LogP contribution in [0.3, 0.4) is 0 Å². The van der Waals surface area contributed by atoms with Gasteiger partial charge in [0, 0.05) is 5.39 Å². The number of halogens is 3. The smallest absolute Gasteiger partial charge is 0.144 e. The number of nitriles is 1. The predicted molar refractivity (Wildman–Crippen MR) is 140 cm³/mol. The summed E-state index contributed by atoms with van der Waals surface area (Å²) in [7, 11) is 0. The van der Waals surface area contributed by atoms with Gasteiger partial charge in [-0.3, -0.25) is 0 Å². The molecule has 1 aliphatic carbocycles. The fourth-order valence-corrected chi connectivity index (χ4v) is 5.57. The maximum Gasteiger partial charge on any atom is 0.144 e. The SMILES string of the molecule is C/C=C/CCC1CCC(CCc2ccc3c(F)c(CCc4cc(F)c(C#N)c(F)c4)ccc3c2)CC1. The summed E-state index contributed by atoms with van der Waals surface area (Å²) in [5.41, 5.74) is 1.59. The zero-order valence-corrected chi connectivity index (χ0v) is 21.0. The van der Waals surface area contributed by atoms with Crippen LogP contribution in [0, 0.1) is 40.6 Å². The maximum atomic E-state index is 15.2. The monoisotopic (exact) mass is 489 g/mol. The molecule has 0 aliphatic heterocycles. The second-order valence-electron chi connectivity index (χ2n) is 10.2. The zero-order chi connectivity index (χ0) is 25.5. The zero-order valence-electron chi connectivity index (χ0n) is 21.0. The van der Waals surface area contributed by atoms with Crippen molar-refractivity contribution < 1.29 is 13.2 Å². The van der Waals surface area contributed by atoms with Gasteiger partial charge in [-0.15, -0.1) is 0 Å². The third-order valence-corrected chi connectivity index (χ3v) is 7.78. The van der Waals surface area contributed by atoms with Crippen molar-refractivity contribution in [1.29, 1.82) is 5.26 Å². The van der Waals surface area contributed by atoms with Gasteiger partial charge in [-0.1, -0.05) is 68.2 Å². The molecule has 0 N–H and O–H groups in total. The molecular weight excluding hydrogens is 455 g/mol. The van der Waals surface area contributed by atoms with Crippen LogP contribution >= 0.6 is 0 Å². The molecule has 4 heteroatoms. The van der Waals surface area contributed by atoms with E-state index in [9.17, 15) is 8.78 Å². The number of fused-ring (bicyclic) bond motifs is 1. The van der Waals surface area contributed by atoms with Crippen LogP contribution in [0.4, 0.5) is 13.2 Å². The summed E-state index contributed by atoms with van der Waals surface area (Å²) in [5.74, 6) is -0.363. The predicted octanol–water partition coefficient (Wildman–Crippen LogP) is 9.01. The summed E-state index contributed by atoms with van der Waals surface area (Å²) in [6, 6.07) is 13.5. The molecule has 188 valence electrons. The van der Waals surface area contributed by atoms with Crippen LogP contribution in [0.25, 0.3) is 10.8 Å². The lowest BCUT2D eigenvalue weighted by molar-refractivity contribution is 0.254. The fraction of sp³-hybridized carbons (Fsp3) is 0.406. The van der Waals surface area contributed by atoms with Gasteiger partial charge in [0.05, 0.1) is 0 Å². The largest absolute Gasteiger partial charge is 0.206 e. The molecule has 0 aromatic heterocycles. The molecule has 36 heavy (non-hydrogen) atoms. The first-order chi connectivity index (χ1) is 17.5. The molecule has 0 bridgehead atoms. The van der Waals surface area contributed by atoms with Crippen LogP contribution in [-0.4, -0.2) is 0 Å². The van der Waals surface area contributed by atoms with Gasteiger partial charge in [0.1, 0.15) is 29.1 Å². The van der Waals surface area contributed by atoms with Gasteiger partial charge in [0.15, 0.2) is 0 Å². The first-order valence-corrected chi connectivity index (χ1v) is 13.2. The average molecular weight is 490 g/mol. The standard InChI is InChI=1S/C32H34F3N/c1-2-3-4-5-22-6-8-23(9-7-22)10-11-24-13-17-28-27(18-24)16-15-26(32(28)35)14-12-25-19-30(33)29(21-36)31(34)20-25/h2-3,13,15-20,22-23H,4-12,14H2,1H3/b3-2+. The molecule has 0 amide bonds. The van der Waals surface area contributed by atoms with Crippen molar-refractivity contribution in [3.63, 3.8) is 0 Å². The quantitative estimate of drug-likeness (QED) is 0.275. The number of nitrogens with zero attached hydrogens (tertiary/aromatic N) is 1. The molecule has 1 aliphatic rings. The Morgan fingerprint density at radius 2 is 1.53 bits per heavy atom. The van der Waals surface area contributed by atoms with E-state index in [2.05, 4.69) is 25.1 Å². The topological polar surface area (TPSA) is 23.8 Å². The Balaban J connectivity index is 1.34. The van der Waals surface area contributed by atoms with Crippen molar-refractivity contribution in [2.24, 2.45) is 11.8 Å². The minimum Gasteiger partial charge on any atom is -0.206 e. The number of hydrogen-bond acceptors (Lipinski definition) is 1. The summed E-state index contributed by atoms with van der Waals surface area (Å²) in [4.78, 5) is 0. The third kappa shape index (κ3) is 6.38. The summed E-state index contributed by atoms with van der Waals surface area (Å²) in [5, 5.41) is 10.3. The normalized spacial score (nSPS) is 18.1. The van der Waals surface area contributed by atoms with E-state index in [1.165, 1.54) is 56.6 Å². The van der Waals surface area contributed by atoms with Crippen molar-refractivity contribution in [3.8, 4) is 6.07 Å².